The zero-order valence-corrected chi connectivity index (χ0v) is 16.7. The van der Waals surface area contributed by atoms with E-state index in [4.69, 9.17) is 5.73 Å². The van der Waals surface area contributed by atoms with Crippen LogP contribution < -0.4 is 11.1 Å². The fourth-order valence-corrected chi connectivity index (χ4v) is 3.13. The Balaban J connectivity index is 2.11. The van der Waals surface area contributed by atoms with Crippen LogP contribution >= 0.6 is 0 Å². The molecular formula is C22H40N2O2. The number of rotatable bonds is 16. The molecule has 0 heterocycles. The molecule has 0 radical (unpaired) electrons. The third kappa shape index (κ3) is 10.1. The molecule has 0 atom stereocenters. The number of aliphatic hydroxyl groups excluding tert-OH is 2. The zero-order chi connectivity index (χ0) is 19.1. The smallest absolute Gasteiger partial charge is 0.0633 e. The largest absolute Gasteiger partial charge is 0.394 e. The molecule has 1 aromatic rings. The van der Waals surface area contributed by atoms with Gasteiger partial charge in [-0.05, 0) is 43.4 Å². The van der Waals surface area contributed by atoms with Crippen molar-refractivity contribution in [3.05, 3.63) is 29.8 Å². The standard InChI is InChI=1S/C22H40N2O2/c1-2-3-4-5-6-7-8-9-17-24-21-14-12-20(13-15-21)11-10-16-22(23,18-25)19-26/h12-15,24-26H,2-11,16-19,23H2,1H3. The van der Waals surface area contributed by atoms with Crippen LogP contribution in [0.1, 0.15) is 76.7 Å². The number of benzene rings is 1. The van der Waals surface area contributed by atoms with E-state index in [1.807, 2.05) is 0 Å². The molecule has 26 heavy (non-hydrogen) atoms. The minimum absolute atomic E-state index is 0.175. The third-order valence-corrected chi connectivity index (χ3v) is 5.08. The van der Waals surface area contributed by atoms with Gasteiger partial charge in [-0.15, -0.1) is 0 Å². The fraction of sp³-hybridized carbons (Fsp3) is 0.727. The molecule has 0 aromatic heterocycles. The van der Waals surface area contributed by atoms with Crippen LogP contribution in [0, 0.1) is 0 Å². The van der Waals surface area contributed by atoms with Gasteiger partial charge in [-0.2, -0.15) is 0 Å². The number of unbranched alkanes of at least 4 members (excludes halogenated alkanes) is 7. The first-order chi connectivity index (χ1) is 12.6. The number of hydrogen-bond acceptors (Lipinski definition) is 4. The normalized spacial score (nSPS) is 11.7. The van der Waals surface area contributed by atoms with Gasteiger partial charge in [0, 0.05) is 12.2 Å². The quantitative estimate of drug-likeness (QED) is 0.331. The summed E-state index contributed by atoms with van der Waals surface area (Å²) in [7, 11) is 0. The van der Waals surface area contributed by atoms with Gasteiger partial charge in [0.25, 0.3) is 0 Å². The molecule has 5 N–H and O–H groups in total. The number of nitrogens with two attached hydrogens (primary N) is 1. The second-order valence-corrected chi connectivity index (χ2v) is 7.63. The summed E-state index contributed by atoms with van der Waals surface area (Å²) in [5, 5.41) is 21.9. The predicted molar refractivity (Wildman–Crippen MR) is 112 cm³/mol. The molecule has 0 amide bonds. The average molecular weight is 365 g/mol. The fourth-order valence-electron chi connectivity index (χ4n) is 3.13. The van der Waals surface area contributed by atoms with Gasteiger partial charge in [0.05, 0.1) is 18.8 Å². The second-order valence-electron chi connectivity index (χ2n) is 7.63. The molecule has 4 nitrogen and oxygen atoms in total. The van der Waals surface area contributed by atoms with E-state index >= 15 is 0 Å². The van der Waals surface area contributed by atoms with Crippen molar-refractivity contribution in [1.29, 1.82) is 0 Å². The summed E-state index contributed by atoms with van der Waals surface area (Å²) in [6.45, 7) is 2.95. The summed E-state index contributed by atoms with van der Waals surface area (Å²) in [5.41, 5.74) is 7.49. The van der Waals surface area contributed by atoms with Crippen LogP contribution in [0.15, 0.2) is 24.3 Å². The van der Waals surface area contributed by atoms with Gasteiger partial charge in [-0.3, -0.25) is 0 Å². The Morgan fingerprint density at radius 2 is 1.42 bits per heavy atom. The number of hydrogen-bond donors (Lipinski definition) is 4. The second kappa shape index (κ2) is 14.0. The Bertz CT molecular complexity index is 444. The summed E-state index contributed by atoms with van der Waals surface area (Å²) < 4.78 is 0. The van der Waals surface area contributed by atoms with Crippen LogP contribution in [0.25, 0.3) is 0 Å². The van der Waals surface area contributed by atoms with Crippen molar-refractivity contribution in [3.63, 3.8) is 0 Å². The van der Waals surface area contributed by atoms with E-state index in [2.05, 4.69) is 36.5 Å². The van der Waals surface area contributed by atoms with Crippen molar-refractivity contribution < 1.29 is 10.2 Å². The molecule has 0 saturated carbocycles. The molecular weight excluding hydrogens is 324 g/mol. The minimum Gasteiger partial charge on any atom is -0.394 e. The number of aryl methyl sites for hydroxylation is 1. The third-order valence-electron chi connectivity index (χ3n) is 5.08. The molecule has 0 fully saturated rings. The lowest BCUT2D eigenvalue weighted by Gasteiger charge is -2.24. The first kappa shape index (κ1) is 22.9. The van der Waals surface area contributed by atoms with E-state index in [1.165, 1.54) is 62.6 Å². The monoisotopic (exact) mass is 364 g/mol. The molecule has 0 spiro atoms. The van der Waals surface area contributed by atoms with E-state index in [0.29, 0.717) is 6.42 Å². The van der Waals surface area contributed by atoms with Crippen LogP contribution in [-0.4, -0.2) is 35.5 Å². The molecule has 0 aliphatic heterocycles. The molecule has 1 rings (SSSR count). The van der Waals surface area contributed by atoms with Gasteiger partial charge in [-0.25, -0.2) is 0 Å². The van der Waals surface area contributed by atoms with Crippen LogP contribution in [0.2, 0.25) is 0 Å². The molecule has 0 unspecified atom stereocenters. The topological polar surface area (TPSA) is 78.5 Å². The summed E-state index contributed by atoms with van der Waals surface area (Å²) in [5.74, 6) is 0. The maximum atomic E-state index is 9.21. The summed E-state index contributed by atoms with van der Waals surface area (Å²) in [6, 6.07) is 8.56. The van der Waals surface area contributed by atoms with Crippen molar-refractivity contribution >= 4 is 5.69 Å². The minimum atomic E-state index is -0.850. The lowest BCUT2D eigenvalue weighted by molar-refractivity contribution is 0.113. The average Bonchev–Trinajstić information content (AvgIpc) is 2.67. The SMILES string of the molecule is CCCCCCCCCCNc1ccc(CCCC(N)(CO)CO)cc1. The lowest BCUT2D eigenvalue weighted by Crippen LogP contribution is -2.47. The van der Waals surface area contributed by atoms with Crippen LogP contribution in [-0.2, 0) is 6.42 Å². The van der Waals surface area contributed by atoms with Gasteiger partial charge in [0.2, 0.25) is 0 Å². The van der Waals surface area contributed by atoms with Crippen LogP contribution in [0.3, 0.4) is 0 Å². The predicted octanol–water partition coefficient (Wildman–Crippen LogP) is 4.24. The van der Waals surface area contributed by atoms with Crippen molar-refractivity contribution in [2.45, 2.75) is 83.1 Å². The van der Waals surface area contributed by atoms with Crippen LogP contribution in [0.4, 0.5) is 5.69 Å². The number of aliphatic hydroxyl groups is 2. The Kier molecular flexibility index (Phi) is 12.4. The zero-order valence-electron chi connectivity index (χ0n) is 16.7. The molecule has 4 heteroatoms. The van der Waals surface area contributed by atoms with Crippen LogP contribution in [0.5, 0.6) is 0 Å². The Morgan fingerprint density at radius 1 is 0.846 bits per heavy atom. The maximum absolute atomic E-state index is 9.21. The first-order valence-electron chi connectivity index (χ1n) is 10.5. The van der Waals surface area contributed by atoms with Crippen molar-refractivity contribution in [2.75, 3.05) is 25.1 Å². The highest BCUT2D eigenvalue weighted by atomic mass is 16.3. The van der Waals surface area contributed by atoms with Gasteiger partial charge in [0.1, 0.15) is 0 Å². The summed E-state index contributed by atoms with van der Waals surface area (Å²) >= 11 is 0. The van der Waals surface area contributed by atoms with E-state index < -0.39 is 5.54 Å². The van der Waals surface area contributed by atoms with Gasteiger partial charge < -0.3 is 21.3 Å². The van der Waals surface area contributed by atoms with Gasteiger partial charge in [0.15, 0.2) is 0 Å². The maximum Gasteiger partial charge on any atom is 0.0633 e. The molecule has 0 bridgehead atoms. The van der Waals surface area contributed by atoms with E-state index in [0.717, 1.165) is 19.4 Å². The Hall–Kier alpha value is -1.10. The molecule has 150 valence electrons. The van der Waals surface area contributed by atoms with Crippen molar-refractivity contribution in [3.8, 4) is 0 Å². The van der Waals surface area contributed by atoms with Crippen molar-refractivity contribution in [2.24, 2.45) is 5.73 Å². The highest BCUT2D eigenvalue weighted by Crippen LogP contribution is 2.15. The Labute approximate surface area is 160 Å². The first-order valence-corrected chi connectivity index (χ1v) is 10.5. The summed E-state index contributed by atoms with van der Waals surface area (Å²) in [4.78, 5) is 0. The highest BCUT2D eigenvalue weighted by Gasteiger charge is 2.21. The van der Waals surface area contributed by atoms with E-state index in [1.54, 1.807) is 0 Å². The lowest BCUT2D eigenvalue weighted by atomic mass is 9.94. The number of anilines is 1. The molecule has 1 aromatic carbocycles. The summed E-state index contributed by atoms with van der Waals surface area (Å²) in [6.07, 6.45) is 13.2. The molecule has 0 aliphatic rings. The molecule has 0 aliphatic carbocycles. The van der Waals surface area contributed by atoms with Gasteiger partial charge >= 0.3 is 0 Å². The molecule has 0 saturated heterocycles. The van der Waals surface area contributed by atoms with E-state index in [9.17, 15) is 10.2 Å². The number of nitrogens with one attached hydrogen (secondary N) is 1. The highest BCUT2D eigenvalue weighted by molar-refractivity contribution is 5.44. The van der Waals surface area contributed by atoms with Crippen molar-refractivity contribution in [1.82, 2.24) is 0 Å². The Morgan fingerprint density at radius 3 is 2.00 bits per heavy atom. The van der Waals surface area contributed by atoms with Gasteiger partial charge in [-0.1, -0.05) is 64.0 Å². The van der Waals surface area contributed by atoms with E-state index in [-0.39, 0.29) is 13.2 Å².